The normalized spacial score (nSPS) is 18.5. The molecule has 1 unspecified atom stereocenters. The maximum Gasteiger partial charge on any atom is 0.398 e. The molecule has 1 atom stereocenters. The monoisotopic (exact) mass is 212 g/mol. The van der Waals surface area contributed by atoms with Gasteiger partial charge in [0.25, 0.3) is 0 Å². The number of hydrogen-bond acceptors (Lipinski definition) is 2. The summed E-state index contributed by atoms with van der Waals surface area (Å²) in [7, 11) is 0. The molecule has 0 fully saturated rings. The molecule has 0 bridgehead atoms. The van der Waals surface area contributed by atoms with Gasteiger partial charge in [0.2, 0.25) is 5.70 Å². The van der Waals surface area contributed by atoms with E-state index < -0.39 is 17.6 Å². The molecule has 0 aromatic rings. The topological polar surface area (TPSA) is 17.1 Å². The number of alkyl halides is 3. The standard InChI is InChI=1S/C3H5ClF3OPS/c1-9(4,8)10-2-3(5,6)7/h2H2,1H3. The van der Waals surface area contributed by atoms with Gasteiger partial charge in [-0.25, -0.2) is 0 Å². The highest BCUT2D eigenvalue weighted by atomic mass is 35.7. The maximum atomic E-state index is 11.4. The second-order valence-electron chi connectivity index (χ2n) is 1.64. The molecule has 0 saturated carbocycles. The van der Waals surface area contributed by atoms with Gasteiger partial charge in [-0.1, -0.05) is 11.4 Å². The Morgan fingerprint density at radius 2 is 2.00 bits per heavy atom. The molecular formula is C3H5ClF3OPS. The van der Waals surface area contributed by atoms with Crippen molar-refractivity contribution in [3.05, 3.63) is 0 Å². The Labute approximate surface area is 65.2 Å². The van der Waals surface area contributed by atoms with Crippen LogP contribution in [0.4, 0.5) is 13.2 Å². The Hall–Kier alpha value is 0.660. The van der Waals surface area contributed by atoms with Crippen molar-refractivity contribution < 1.29 is 17.7 Å². The Morgan fingerprint density at radius 1 is 1.60 bits per heavy atom. The predicted molar refractivity (Wildman–Crippen MR) is 37.9 cm³/mol. The first kappa shape index (κ1) is 10.7. The molecule has 0 saturated heterocycles. The molecule has 7 heteroatoms. The molecular weight excluding hydrogens is 208 g/mol. The lowest BCUT2D eigenvalue weighted by molar-refractivity contribution is -0.105. The van der Waals surface area contributed by atoms with E-state index in [1.807, 2.05) is 0 Å². The van der Waals surface area contributed by atoms with Crippen LogP contribution < -0.4 is 0 Å². The largest absolute Gasteiger partial charge is 0.398 e. The Balaban J connectivity index is 3.67. The van der Waals surface area contributed by atoms with Gasteiger partial charge in [0.1, 0.15) is 0 Å². The Kier molecular flexibility index (Phi) is 3.59. The molecule has 0 radical (unpaired) electrons. The molecule has 1 nitrogen and oxygen atoms in total. The van der Waals surface area contributed by atoms with Gasteiger partial charge in [-0.15, -0.1) is 0 Å². The van der Waals surface area contributed by atoms with Gasteiger partial charge < -0.3 is 0 Å². The zero-order chi connectivity index (χ0) is 8.41. The molecule has 0 aromatic heterocycles. The lowest BCUT2D eigenvalue weighted by Crippen LogP contribution is -2.09. The molecule has 0 aliphatic carbocycles. The van der Waals surface area contributed by atoms with E-state index in [2.05, 4.69) is 0 Å². The molecule has 0 aromatic carbocycles. The van der Waals surface area contributed by atoms with Crippen LogP contribution in [0.25, 0.3) is 0 Å². The van der Waals surface area contributed by atoms with Gasteiger partial charge in [0.15, 0.2) is 0 Å². The summed E-state index contributed by atoms with van der Waals surface area (Å²) >= 11 is 5.29. The minimum Gasteiger partial charge on any atom is -0.295 e. The third-order valence-corrected chi connectivity index (χ3v) is 4.03. The maximum absolute atomic E-state index is 11.4. The fourth-order valence-corrected chi connectivity index (χ4v) is 2.14. The van der Waals surface area contributed by atoms with E-state index in [-0.39, 0.29) is 11.4 Å². The number of halogens is 4. The second kappa shape index (κ2) is 3.37. The summed E-state index contributed by atoms with van der Waals surface area (Å²) in [6, 6.07) is 0. The van der Waals surface area contributed by atoms with E-state index >= 15 is 0 Å². The van der Waals surface area contributed by atoms with Gasteiger partial charge >= 0.3 is 6.18 Å². The van der Waals surface area contributed by atoms with Crippen LogP contribution in [0.1, 0.15) is 0 Å². The average molecular weight is 213 g/mol. The highest BCUT2D eigenvalue weighted by Gasteiger charge is 2.30. The third-order valence-electron chi connectivity index (χ3n) is 0.459. The second-order valence-corrected chi connectivity index (χ2v) is 9.08. The van der Waals surface area contributed by atoms with Crippen molar-refractivity contribution >= 4 is 28.3 Å². The third kappa shape index (κ3) is 8.66. The smallest absolute Gasteiger partial charge is 0.295 e. The zero-order valence-corrected chi connectivity index (χ0v) is 7.45. The van der Waals surface area contributed by atoms with Gasteiger partial charge in [-0.2, -0.15) is 13.2 Å². The molecule has 10 heavy (non-hydrogen) atoms. The summed E-state index contributed by atoms with van der Waals surface area (Å²) in [6.45, 7) is 1.09. The van der Waals surface area contributed by atoms with E-state index in [1.165, 1.54) is 0 Å². The van der Waals surface area contributed by atoms with Crippen molar-refractivity contribution in [2.75, 3.05) is 12.4 Å². The van der Waals surface area contributed by atoms with Crippen LogP contribution >= 0.6 is 28.3 Å². The lowest BCUT2D eigenvalue weighted by Gasteiger charge is -2.06. The molecule has 0 N–H and O–H groups in total. The minimum absolute atomic E-state index is 0.236. The van der Waals surface area contributed by atoms with Crippen LogP contribution in [0, 0.1) is 0 Å². The summed E-state index contributed by atoms with van der Waals surface area (Å²) in [4.78, 5) is 0. The van der Waals surface area contributed by atoms with Crippen LogP contribution in [0.3, 0.4) is 0 Å². The van der Waals surface area contributed by atoms with E-state index in [4.69, 9.17) is 11.2 Å². The Morgan fingerprint density at radius 3 is 2.10 bits per heavy atom. The molecule has 0 aliphatic rings. The van der Waals surface area contributed by atoms with Crippen molar-refractivity contribution in [3.63, 3.8) is 0 Å². The molecule has 0 aliphatic heterocycles. The molecule has 62 valence electrons. The van der Waals surface area contributed by atoms with Crippen molar-refractivity contribution in [2.24, 2.45) is 0 Å². The first-order valence-corrected chi connectivity index (χ1v) is 6.84. The summed E-state index contributed by atoms with van der Waals surface area (Å²) in [5, 5.41) is 0. The van der Waals surface area contributed by atoms with Gasteiger partial charge in [-0.05, 0) is 11.2 Å². The van der Waals surface area contributed by atoms with Crippen LogP contribution in [-0.2, 0) is 4.57 Å². The fourth-order valence-electron chi connectivity index (χ4n) is 0.188. The van der Waals surface area contributed by atoms with Crippen molar-refractivity contribution in [3.8, 4) is 0 Å². The first-order valence-electron chi connectivity index (χ1n) is 2.19. The number of hydrogen-bond donors (Lipinski definition) is 0. The quantitative estimate of drug-likeness (QED) is 0.653. The zero-order valence-electron chi connectivity index (χ0n) is 4.98. The van der Waals surface area contributed by atoms with E-state index in [1.54, 1.807) is 0 Å². The predicted octanol–water partition coefficient (Wildman–Crippen LogP) is 3.34. The fraction of sp³-hybridized carbons (Fsp3) is 1.00. The number of rotatable bonds is 2. The van der Waals surface area contributed by atoms with Crippen LogP contribution in [0.15, 0.2) is 0 Å². The van der Waals surface area contributed by atoms with Gasteiger partial charge in [0.05, 0.1) is 5.75 Å². The Bertz CT molecular complexity index is 152. The molecule has 0 amide bonds. The van der Waals surface area contributed by atoms with E-state index in [0.717, 1.165) is 6.66 Å². The highest BCUT2D eigenvalue weighted by molar-refractivity contribution is 8.65. The van der Waals surface area contributed by atoms with Crippen LogP contribution in [-0.4, -0.2) is 18.6 Å². The van der Waals surface area contributed by atoms with Gasteiger partial charge in [0, 0.05) is 6.66 Å². The average Bonchev–Trinajstić information content (AvgIpc) is 1.57. The van der Waals surface area contributed by atoms with Crippen molar-refractivity contribution in [1.82, 2.24) is 0 Å². The van der Waals surface area contributed by atoms with E-state index in [0.29, 0.717) is 0 Å². The van der Waals surface area contributed by atoms with Crippen LogP contribution in [0.2, 0.25) is 0 Å². The SMILES string of the molecule is CP(=O)(Cl)SCC(F)(F)F. The highest BCUT2D eigenvalue weighted by Crippen LogP contribution is 2.60. The first-order chi connectivity index (χ1) is 4.21. The summed E-state index contributed by atoms with van der Waals surface area (Å²) < 4.78 is 44.6. The van der Waals surface area contributed by atoms with E-state index in [9.17, 15) is 17.7 Å². The summed E-state index contributed by atoms with van der Waals surface area (Å²) in [5.41, 5.74) is -3.09. The molecule has 0 rings (SSSR count). The lowest BCUT2D eigenvalue weighted by atomic mass is 10.8. The minimum atomic E-state index is -4.29. The summed E-state index contributed by atoms with van der Waals surface area (Å²) in [5.74, 6) is -1.15. The van der Waals surface area contributed by atoms with Crippen molar-refractivity contribution in [2.45, 2.75) is 6.18 Å². The summed E-state index contributed by atoms with van der Waals surface area (Å²) in [6.07, 6.45) is -4.29. The van der Waals surface area contributed by atoms with Crippen LogP contribution in [0.5, 0.6) is 0 Å². The van der Waals surface area contributed by atoms with Crippen molar-refractivity contribution in [1.29, 1.82) is 0 Å². The van der Waals surface area contributed by atoms with Gasteiger partial charge in [-0.3, -0.25) is 4.57 Å². The molecule has 0 spiro atoms. The molecule has 0 heterocycles.